The van der Waals surface area contributed by atoms with Crippen molar-refractivity contribution in [3.63, 3.8) is 0 Å². The minimum atomic E-state index is -0.0827. The van der Waals surface area contributed by atoms with Gasteiger partial charge in [-0.05, 0) is 6.92 Å². The predicted octanol–water partition coefficient (Wildman–Crippen LogP) is 1.10. The van der Waals surface area contributed by atoms with E-state index in [-0.39, 0.29) is 23.8 Å². The Hall–Kier alpha value is -1.47. The Bertz CT molecular complexity index is 515. The third kappa shape index (κ3) is 4.25. The van der Waals surface area contributed by atoms with Crippen LogP contribution in [0.5, 0.6) is 0 Å². The average molecular weight is 310 g/mol. The molecule has 0 saturated carbocycles. The van der Waals surface area contributed by atoms with Crippen molar-refractivity contribution >= 4 is 28.3 Å². The molecular weight excluding hydrogens is 288 g/mol. The predicted molar refractivity (Wildman–Crippen MR) is 83.3 cm³/mol. The van der Waals surface area contributed by atoms with Gasteiger partial charge in [0.15, 0.2) is 5.13 Å². The van der Waals surface area contributed by atoms with Crippen LogP contribution in [0.25, 0.3) is 0 Å². The van der Waals surface area contributed by atoms with Gasteiger partial charge in [-0.25, -0.2) is 4.98 Å². The Labute approximate surface area is 128 Å². The molecule has 2 rings (SSSR count). The molecule has 1 atom stereocenters. The number of rotatable bonds is 4. The summed E-state index contributed by atoms with van der Waals surface area (Å²) in [5, 5.41) is 8.42. The third-order valence-corrected chi connectivity index (χ3v) is 4.27. The molecule has 0 unspecified atom stereocenters. The number of hydrogen-bond donors (Lipinski definition) is 2. The normalized spacial score (nSPS) is 18.9. The van der Waals surface area contributed by atoms with Crippen molar-refractivity contribution in [3.05, 3.63) is 11.1 Å². The van der Waals surface area contributed by atoms with Gasteiger partial charge in [0.05, 0.1) is 12.1 Å². The highest BCUT2D eigenvalue weighted by Crippen LogP contribution is 2.17. The minimum Gasteiger partial charge on any atom is -0.337 e. The Morgan fingerprint density at radius 1 is 1.57 bits per heavy atom. The maximum Gasteiger partial charge on any atom is 0.228 e. The summed E-state index contributed by atoms with van der Waals surface area (Å²) in [5.41, 5.74) is 0.717. The molecule has 7 heteroatoms. The second-order valence-corrected chi connectivity index (χ2v) is 6.46. The lowest BCUT2D eigenvalue weighted by Gasteiger charge is -2.33. The van der Waals surface area contributed by atoms with Crippen molar-refractivity contribution in [2.45, 2.75) is 33.2 Å². The number of thiazole rings is 1. The lowest BCUT2D eigenvalue weighted by atomic mass is 10.2. The van der Waals surface area contributed by atoms with E-state index in [4.69, 9.17) is 0 Å². The van der Waals surface area contributed by atoms with Gasteiger partial charge in [0.2, 0.25) is 11.8 Å². The van der Waals surface area contributed by atoms with Crippen molar-refractivity contribution in [2.75, 3.05) is 25.0 Å². The van der Waals surface area contributed by atoms with Crippen molar-refractivity contribution in [1.29, 1.82) is 0 Å². The molecule has 2 heterocycles. The largest absolute Gasteiger partial charge is 0.337 e. The zero-order chi connectivity index (χ0) is 15.4. The van der Waals surface area contributed by atoms with Gasteiger partial charge in [-0.15, -0.1) is 11.3 Å². The molecule has 6 nitrogen and oxygen atoms in total. The van der Waals surface area contributed by atoms with Crippen LogP contribution in [-0.4, -0.2) is 47.4 Å². The molecule has 1 saturated heterocycles. The highest BCUT2D eigenvalue weighted by Gasteiger charge is 2.23. The van der Waals surface area contributed by atoms with E-state index in [0.29, 0.717) is 11.6 Å². The molecule has 116 valence electrons. The maximum absolute atomic E-state index is 12.3. The first-order valence-electron chi connectivity index (χ1n) is 7.23. The highest BCUT2D eigenvalue weighted by molar-refractivity contribution is 7.13. The summed E-state index contributed by atoms with van der Waals surface area (Å²) in [6.07, 6.45) is 0.290. The number of nitrogens with zero attached hydrogens (tertiary/aromatic N) is 2. The van der Waals surface area contributed by atoms with E-state index in [9.17, 15) is 9.59 Å². The summed E-state index contributed by atoms with van der Waals surface area (Å²) in [4.78, 5) is 30.1. The first-order chi connectivity index (χ1) is 9.97. The van der Waals surface area contributed by atoms with E-state index in [1.165, 1.54) is 11.3 Å². The van der Waals surface area contributed by atoms with Crippen molar-refractivity contribution in [1.82, 2.24) is 15.2 Å². The zero-order valence-electron chi connectivity index (χ0n) is 12.7. The fraction of sp³-hybridized carbons (Fsp3) is 0.643. The molecule has 1 aromatic heterocycles. The maximum atomic E-state index is 12.3. The number of hydrogen-bond acceptors (Lipinski definition) is 5. The van der Waals surface area contributed by atoms with E-state index >= 15 is 0 Å². The molecule has 2 amide bonds. The van der Waals surface area contributed by atoms with Gasteiger partial charge in [0, 0.05) is 37.0 Å². The molecule has 1 fully saturated rings. The van der Waals surface area contributed by atoms with E-state index < -0.39 is 0 Å². The van der Waals surface area contributed by atoms with E-state index in [1.54, 1.807) is 0 Å². The number of anilines is 1. The highest BCUT2D eigenvalue weighted by atomic mass is 32.1. The van der Waals surface area contributed by atoms with Crippen LogP contribution >= 0.6 is 11.3 Å². The van der Waals surface area contributed by atoms with Crippen LogP contribution in [0.4, 0.5) is 5.13 Å². The molecule has 2 N–H and O–H groups in total. The quantitative estimate of drug-likeness (QED) is 0.873. The Morgan fingerprint density at radius 2 is 2.33 bits per heavy atom. The van der Waals surface area contributed by atoms with Crippen molar-refractivity contribution in [3.8, 4) is 0 Å². The van der Waals surface area contributed by atoms with Gasteiger partial charge in [0.25, 0.3) is 0 Å². The van der Waals surface area contributed by atoms with Crippen LogP contribution in [0.3, 0.4) is 0 Å². The SMILES string of the molecule is CC(C)C(=O)Nc1nc(CC(=O)N2CCNC[C@@H]2C)cs1. The van der Waals surface area contributed by atoms with E-state index in [0.717, 1.165) is 25.3 Å². The smallest absolute Gasteiger partial charge is 0.228 e. The fourth-order valence-corrected chi connectivity index (χ4v) is 2.88. The van der Waals surface area contributed by atoms with E-state index in [1.807, 2.05) is 31.1 Å². The molecule has 1 aliphatic heterocycles. The number of carbonyl (C=O) groups excluding carboxylic acids is 2. The number of piperazine rings is 1. The first kappa shape index (κ1) is 15.9. The molecule has 0 spiro atoms. The van der Waals surface area contributed by atoms with Crippen LogP contribution in [0.15, 0.2) is 5.38 Å². The van der Waals surface area contributed by atoms with Crippen molar-refractivity contribution in [2.24, 2.45) is 5.92 Å². The molecule has 1 aromatic rings. The fourth-order valence-electron chi connectivity index (χ4n) is 2.16. The molecule has 0 radical (unpaired) electrons. The lowest BCUT2D eigenvalue weighted by Crippen LogP contribution is -2.52. The van der Waals surface area contributed by atoms with Gasteiger partial charge in [-0.1, -0.05) is 13.8 Å². The van der Waals surface area contributed by atoms with Crippen molar-refractivity contribution < 1.29 is 9.59 Å². The second-order valence-electron chi connectivity index (χ2n) is 5.61. The van der Waals surface area contributed by atoms with Crippen LogP contribution in [0.1, 0.15) is 26.5 Å². The van der Waals surface area contributed by atoms with Gasteiger partial charge in [-0.2, -0.15) is 0 Å². The van der Waals surface area contributed by atoms with Gasteiger partial charge >= 0.3 is 0 Å². The van der Waals surface area contributed by atoms with Gasteiger partial charge < -0.3 is 15.5 Å². The Balaban J connectivity index is 1.92. The average Bonchev–Trinajstić information content (AvgIpc) is 2.86. The van der Waals surface area contributed by atoms with E-state index in [2.05, 4.69) is 15.6 Å². The monoisotopic (exact) mass is 310 g/mol. The minimum absolute atomic E-state index is 0.0575. The standard InChI is InChI=1S/C14H22N4O2S/c1-9(2)13(20)17-14-16-11(8-21-14)6-12(19)18-5-4-15-7-10(18)3/h8-10,15H,4-7H2,1-3H3,(H,16,17,20)/t10-/m0/s1. The summed E-state index contributed by atoms with van der Waals surface area (Å²) in [6, 6.07) is 0.213. The third-order valence-electron chi connectivity index (χ3n) is 3.46. The number of carbonyl (C=O) groups is 2. The summed E-state index contributed by atoms with van der Waals surface area (Å²) in [6.45, 7) is 8.11. The number of aromatic nitrogens is 1. The van der Waals surface area contributed by atoms with Gasteiger partial charge in [-0.3, -0.25) is 9.59 Å². The Morgan fingerprint density at radius 3 is 3.00 bits per heavy atom. The van der Waals surface area contributed by atoms with Crippen LogP contribution < -0.4 is 10.6 Å². The molecular formula is C14H22N4O2S. The molecule has 0 bridgehead atoms. The lowest BCUT2D eigenvalue weighted by molar-refractivity contribution is -0.133. The van der Waals surface area contributed by atoms with Crippen LogP contribution in [0, 0.1) is 5.92 Å². The summed E-state index contributed by atoms with van der Waals surface area (Å²) >= 11 is 1.36. The molecule has 1 aliphatic rings. The molecule has 0 aromatic carbocycles. The van der Waals surface area contributed by atoms with Crippen LogP contribution in [0.2, 0.25) is 0 Å². The summed E-state index contributed by atoms with van der Waals surface area (Å²) < 4.78 is 0. The number of amides is 2. The molecule has 21 heavy (non-hydrogen) atoms. The molecule has 0 aliphatic carbocycles. The van der Waals surface area contributed by atoms with Crippen LogP contribution in [-0.2, 0) is 16.0 Å². The first-order valence-corrected chi connectivity index (χ1v) is 8.10. The topological polar surface area (TPSA) is 74.3 Å². The van der Waals surface area contributed by atoms with Gasteiger partial charge in [0.1, 0.15) is 0 Å². The number of nitrogens with one attached hydrogen (secondary N) is 2. The summed E-state index contributed by atoms with van der Waals surface area (Å²) in [7, 11) is 0. The second kappa shape index (κ2) is 7.00. The summed E-state index contributed by atoms with van der Waals surface area (Å²) in [5.74, 6) is -0.0466. The Kier molecular flexibility index (Phi) is 5.30. The zero-order valence-corrected chi connectivity index (χ0v) is 13.5.